The van der Waals surface area contributed by atoms with E-state index in [0.717, 1.165) is 12.0 Å². The first-order valence-electron chi connectivity index (χ1n) is 8.77. The summed E-state index contributed by atoms with van der Waals surface area (Å²) in [6.07, 6.45) is 1.27. The third-order valence-corrected chi connectivity index (χ3v) is 5.43. The first-order valence-corrected chi connectivity index (χ1v) is 11.2. The molecule has 2 atom stereocenters. The molecule has 0 aromatic heterocycles. The number of nitrogens with zero attached hydrogens (tertiary/aromatic N) is 1. The monoisotopic (exact) mass is 425 g/mol. The first kappa shape index (κ1) is 20.7. The van der Waals surface area contributed by atoms with E-state index in [1.54, 1.807) is 17.2 Å². The third kappa shape index (κ3) is 5.72. The van der Waals surface area contributed by atoms with Gasteiger partial charge in [0.1, 0.15) is 17.5 Å². The van der Waals surface area contributed by atoms with Crippen molar-refractivity contribution in [3.63, 3.8) is 0 Å². The number of hydroxylamine groups is 2. The van der Waals surface area contributed by atoms with E-state index in [1.807, 2.05) is 30.3 Å². The van der Waals surface area contributed by atoms with Crippen LogP contribution >= 0.6 is 18.2 Å². The van der Waals surface area contributed by atoms with Crippen LogP contribution in [0, 0.1) is 0 Å². The molecule has 0 N–H and O–H groups in total. The van der Waals surface area contributed by atoms with Crippen molar-refractivity contribution in [2.75, 3.05) is 13.7 Å². The zero-order chi connectivity index (χ0) is 20.0. The van der Waals surface area contributed by atoms with Gasteiger partial charge in [0.25, 0.3) is 0 Å². The highest BCUT2D eigenvalue weighted by atomic mass is 35.7. The highest BCUT2D eigenvalue weighted by Gasteiger charge is 2.38. The molecule has 1 unspecified atom stereocenters. The van der Waals surface area contributed by atoms with Gasteiger partial charge < -0.3 is 13.8 Å². The molecule has 1 fully saturated rings. The van der Waals surface area contributed by atoms with E-state index in [0.29, 0.717) is 25.3 Å². The highest BCUT2D eigenvalue weighted by Crippen LogP contribution is 2.54. The molecular weight excluding hydrogens is 405 g/mol. The fourth-order valence-electron chi connectivity index (χ4n) is 2.81. The Labute approximate surface area is 168 Å². The summed E-state index contributed by atoms with van der Waals surface area (Å²) < 4.78 is 27.6. The standard InChI is InChI=1S/C19H21ClNO6P/c1-24-16-9-11-17(12-10-16)26-28(20,23)27-19(22)18-8-5-13-21(18)25-14-15-6-3-2-4-7-15/h2-4,6-7,9-12,18H,5,8,13-14H2,1H3/t18-,28?/m0/s1. The van der Waals surface area contributed by atoms with Crippen LogP contribution in [0.1, 0.15) is 18.4 Å². The Hall–Kier alpha value is -2.05. The zero-order valence-electron chi connectivity index (χ0n) is 15.3. The van der Waals surface area contributed by atoms with E-state index in [-0.39, 0.29) is 5.75 Å². The van der Waals surface area contributed by atoms with Crippen LogP contribution in [0.15, 0.2) is 54.6 Å². The third-order valence-electron chi connectivity index (χ3n) is 4.19. The van der Waals surface area contributed by atoms with Gasteiger partial charge in [-0.05, 0) is 42.7 Å². The Kier molecular flexibility index (Phi) is 6.97. The number of ether oxygens (including phenoxy) is 1. The van der Waals surface area contributed by atoms with Crippen molar-refractivity contribution in [2.45, 2.75) is 25.5 Å². The van der Waals surface area contributed by atoms with Crippen molar-refractivity contribution >= 4 is 24.2 Å². The van der Waals surface area contributed by atoms with Gasteiger partial charge in [0.15, 0.2) is 0 Å². The maximum Gasteiger partial charge on any atom is 0.532 e. The largest absolute Gasteiger partial charge is 0.532 e. The van der Waals surface area contributed by atoms with Crippen molar-refractivity contribution in [3.8, 4) is 11.5 Å². The number of halogens is 1. The maximum atomic E-state index is 12.5. The lowest BCUT2D eigenvalue weighted by Crippen LogP contribution is -2.36. The first-order chi connectivity index (χ1) is 13.5. The Bertz CT molecular complexity index is 832. The summed E-state index contributed by atoms with van der Waals surface area (Å²) in [4.78, 5) is 18.2. The number of hydrogen-bond donors (Lipinski definition) is 0. The average molecular weight is 426 g/mol. The number of carbonyl (C=O) groups is 1. The molecule has 1 saturated heterocycles. The van der Waals surface area contributed by atoms with Crippen LogP contribution in [-0.2, 0) is 25.3 Å². The van der Waals surface area contributed by atoms with Gasteiger partial charge in [0.2, 0.25) is 0 Å². The Morgan fingerprint density at radius 3 is 2.50 bits per heavy atom. The van der Waals surface area contributed by atoms with Gasteiger partial charge >= 0.3 is 12.9 Å². The molecule has 1 heterocycles. The van der Waals surface area contributed by atoms with Gasteiger partial charge in [0.05, 0.1) is 13.7 Å². The molecule has 150 valence electrons. The molecule has 9 heteroatoms. The van der Waals surface area contributed by atoms with E-state index in [1.165, 1.54) is 19.2 Å². The summed E-state index contributed by atoms with van der Waals surface area (Å²) in [6.45, 7) is -3.26. The molecule has 28 heavy (non-hydrogen) atoms. The minimum Gasteiger partial charge on any atom is -0.497 e. The fourth-order valence-corrected chi connectivity index (χ4v) is 4.00. The molecule has 0 bridgehead atoms. The summed E-state index contributed by atoms with van der Waals surface area (Å²) in [5, 5.41) is 1.54. The normalized spacial score (nSPS) is 19.0. The predicted octanol–water partition coefficient (Wildman–Crippen LogP) is 4.56. The van der Waals surface area contributed by atoms with Gasteiger partial charge in [-0.3, -0.25) is 4.84 Å². The second kappa shape index (κ2) is 9.43. The van der Waals surface area contributed by atoms with Crippen molar-refractivity contribution in [1.82, 2.24) is 5.06 Å². The molecule has 0 saturated carbocycles. The second-order valence-corrected chi connectivity index (χ2v) is 8.63. The smallest absolute Gasteiger partial charge is 0.497 e. The van der Waals surface area contributed by atoms with Crippen LogP contribution in [-0.4, -0.2) is 30.7 Å². The summed E-state index contributed by atoms with van der Waals surface area (Å²) in [5.41, 5.74) is 0.979. The van der Waals surface area contributed by atoms with E-state index in [9.17, 15) is 9.36 Å². The fraction of sp³-hybridized carbons (Fsp3) is 0.316. The lowest BCUT2D eigenvalue weighted by molar-refractivity contribution is -0.191. The van der Waals surface area contributed by atoms with Crippen molar-refractivity contribution in [3.05, 3.63) is 60.2 Å². The molecular formula is C19H21ClNO6P. The van der Waals surface area contributed by atoms with Gasteiger partial charge in [0, 0.05) is 17.8 Å². The van der Waals surface area contributed by atoms with E-state index < -0.39 is 19.0 Å². The van der Waals surface area contributed by atoms with Gasteiger partial charge in [-0.2, -0.15) is 5.06 Å². The molecule has 0 spiro atoms. The average Bonchev–Trinajstić information content (AvgIpc) is 3.16. The molecule has 0 radical (unpaired) electrons. The van der Waals surface area contributed by atoms with Crippen molar-refractivity contribution in [2.24, 2.45) is 0 Å². The van der Waals surface area contributed by atoms with Gasteiger partial charge in [-0.25, -0.2) is 9.36 Å². The maximum absolute atomic E-state index is 12.5. The van der Waals surface area contributed by atoms with Gasteiger partial charge in [-0.15, -0.1) is 0 Å². The summed E-state index contributed by atoms with van der Waals surface area (Å²) in [5.74, 6) is 0.0684. The quantitative estimate of drug-likeness (QED) is 0.574. The zero-order valence-corrected chi connectivity index (χ0v) is 17.0. The molecule has 1 aliphatic heterocycles. The van der Waals surface area contributed by atoms with Crippen LogP contribution in [0.2, 0.25) is 0 Å². The molecule has 2 aromatic rings. The molecule has 0 amide bonds. The van der Waals surface area contributed by atoms with Crippen molar-refractivity contribution < 1.29 is 28.0 Å². The summed E-state index contributed by atoms with van der Waals surface area (Å²) >= 11 is 5.84. The van der Waals surface area contributed by atoms with Gasteiger partial charge in [-0.1, -0.05) is 30.3 Å². The highest BCUT2D eigenvalue weighted by molar-refractivity contribution is 7.82. The Morgan fingerprint density at radius 2 is 1.82 bits per heavy atom. The van der Waals surface area contributed by atoms with Crippen LogP contribution in [0.5, 0.6) is 11.5 Å². The van der Waals surface area contributed by atoms with Crippen LogP contribution in [0.25, 0.3) is 0 Å². The topological polar surface area (TPSA) is 74.3 Å². The van der Waals surface area contributed by atoms with E-state index in [4.69, 9.17) is 29.9 Å². The lowest BCUT2D eigenvalue weighted by Gasteiger charge is -2.23. The Morgan fingerprint density at radius 1 is 1.14 bits per heavy atom. The second-order valence-electron chi connectivity index (χ2n) is 6.17. The predicted molar refractivity (Wildman–Crippen MR) is 104 cm³/mol. The SMILES string of the molecule is COc1ccc(OP(=O)(Cl)OC(=O)[C@@H]2CCCN2OCc2ccccc2)cc1. The van der Waals surface area contributed by atoms with Crippen LogP contribution in [0.4, 0.5) is 0 Å². The number of hydrogen-bond acceptors (Lipinski definition) is 7. The minimum absolute atomic E-state index is 0.204. The summed E-state index contributed by atoms with van der Waals surface area (Å²) in [6, 6.07) is 15.2. The summed E-state index contributed by atoms with van der Waals surface area (Å²) in [7, 11) is 1.53. The molecule has 2 aromatic carbocycles. The van der Waals surface area contributed by atoms with Crippen LogP contribution < -0.4 is 9.26 Å². The lowest BCUT2D eigenvalue weighted by atomic mass is 10.2. The minimum atomic E-state index is -4.15. The number of carbonyl (C=O) groups excluding carboxylic acids is 1. The van der Waals surface area contributed by atoms with E-state index in [2.05, 4.69) is 0 Å². The molecule has 0 aliphatic carbocycles. The molecule has 3 rings (SSSR count). The molecule has 7 nitrogen and oxygen atoms in total. The number of methoxy groups -OCH3 is 1. The van der Waals surface area contributed by atoms with Crippen LogP contribution in [0.3, 0.4) is 0 Å². The number of benzene rings is 2. The number of rotatable bonds is 8. The van der Waals surface area contributed by atoms with E-state index >= 15 is 0 Å². The van der Waals surface area contributed by atoms with Crippen molar-refractivity contribution in [1.29, 1.82) is 0 Å². The molecule has 1 aliphatic rings. The Balaban J connectivity index is 1.56.